The molecule has 1 aliphatic heterocycles. The van der Waals surface area contributed by atoms with Gasteiger partial charge in [0.1, 0.15) is 11.9 Å². The van der Waals surface area contributed by atoms with Crippen LogP contribution in [0.4, 0.5) is 0 Å². The second-order valence-electron chi connectivity index (χ2n) is 7.29. The van der Waals surface area contributed by atoms with Crippen LogP contribution in [0.1, 0.15) is 11.1 Å². The fraction of sp³-hybridized carbons (Fsp3) is 0.250. The highest BCUT2D eigenvalue weighted by Crippen LogP contribution is 2.40. The van der Waals surface area contributed by atoms with Gasteiger partial charge in [0.05, 0.1) is 27.2 Å². The van der Waals surface area contributed by atoms with Crippen LogP contribution in [0.3, 0.4) is 0 Å². The molecular weight excluding hydrogens is 416 g/mol. The van der Waals surface area contributed by atoms with Gasteiger partial charge in [0, 0.05) is 35.0 Å². The quantitative estimate of drug-likeness (QED) is 0.602. The summed E-state index contributed by atoms with van der Waals surface area (Å²) in [5.41, 5.74) is 3.81. The number of pyridine rings is 1. The van der Waals surface area contributed by atoms with Crippen molar-refractivity contribution >= 4 is 17.5 Å². The molecule has 0 spiro atoms. The van der Waals surface area contributed by atoms with Crippen LogP contribution in [0.2, 0.25) is 5.02 Å². The van der Waals surface area contributed by atoms with E-state index in [0.29, 0.717) is 29.5 Å². The van der Waals surface area contributed by atoms with Gasteiger partial charge < -0.3 is 19.5 Å². The molecule has 6 nitrogen and oxygen atoms in total. The number of ether oxygens (including phenoxy) is 3. The molecule has 2 aromatic carbocycles. The maximum atomic E-state index is 12.5. The van der Waals surface area contributed by atoms with Gasteiger partial charge in [-0.25, -0.2) is 0 Å². The van der Waals surface area contributed by atoms with Crippen LogP contribution in [0.15, 0.2) is 54.9 Å². The van der Waals surface area contributed by atoms with Gasteiger partial charge >= 0.3 is 0 Å². The number of hydrogen-bond acceptors (Lipinski definition) is 5. The van der Waals surface area contributed by atoms with E-state index in [1.54, 1.807) is 32.7 Å². The van der Waals surface area contributed by atoms with Crippen LogP contribution in [0, 0.1) is 0 Å². The van der Waals surface area contributed by atoms with E-state index in [0.717, 1.165) is 28.0 Å². The summed E-state index contributed by atoms with van der Waals surface area (Å²) in [6.07, 6.45) is 4.26. The molecule has 0 aliphatic carbocycles. The number of benzene rings is 2. The first kappa shape index (κ1) is 21.0. The lowest BCUT2D eigenvalue weighted by Crippen LogP contribution is -2.35. The molecular formula is C24H23ClN2O4. The molecule has 1 atom stereocenters. The highest BCUT2D eigenvalue weighted by molar-refractivity contribution is 6.31. The topological polar surface area (TPSA) is 69.7 Å². The Kier molecular flexibility index (Phi) is 6.28. The van der Waals surface area contributed by atoms with E-state index >= 15 is 0 Å². The van der Waals surface area contributed by atoms with Crippen molar-refractivity contribution in [1.29, 1.82) is 0 Å². The molecule has 1 aromatic heterocycles. The van der Waals surface area contributed by atoms with Gasteiger partial charge in [0.2, 0.25) is 5.91 Å². The van der Waals surface area contributed by atoms with Gasteiger partial charge in [-0.15, -0.1) is 0 Å². The SMILES string of the molecule is COc1ccc(CC(=O)NC[C@H]2Cc3cc(Cl)cc(-c4ccncc4)c3O2)cc1OC. The van der Waals surface area contributed by atoms with E-state index in [9.17, 15) is 4.79 Å². The second-order valence-corrected chi connectivity index (χ2v) is 7.73. The molecule has 1 amide bonds. The fourth-order valence-corrected chi connectivity index (χ4v) is 3.96. The number of amides is 1. The van der Waals surface area contributed by atoms with Crippen molar-refractivity contribution < 1.29 is 19.0 Å². The van der Waals surface area contributed by atoms with Crippen LogP contribution >= 0.6 is 11.6 Å². The largest absolute Gasteiger partial charge is 0.493 e. The molecule has 160 valence electrons. The lowest BCUT2D eigenvalue weighted by atomic mass is 10.0. The third-order valence-electron chi connectivity index (χ3n) is 5.19. The number of carbonyl (C=O) groups excluding carboxylic acids is 1. The number of nitrogens with one attached hydrogen (secondary N) is 1. The standard InChI is InChI=1S/C24H23ClN2O4/c1-29-21-4-3-15(9-22(21)30-2)10-23(28)27-14-19-12-17-11-18(25)13-20(24(17)31-19)16-5-7-26-8-6-16/h3-9,11,13,19H,10,12,14H2,1-2H3,(H,27,28)/t19-/m1/s1. The highest BCUT2D eigenvalue weighted by atomic mass is 35.5. The fourth-order valence-electron chi connectivity index (χ4n) is 3.72. The summed E-state index contributed by atoms with van der Waals surface area (Å²) in [5, 5.41) is 3.63. The van der Waals surface area contributed by atoms with Crippen molar-refractivity contribution in [2.45, 2.75) is 18.9 Å². The predicted molar refractivity (Wildman–Crippen MR) is 119 cm³/mol. The van der Waals surface area contributed by atoms with Crippen LogP contribution in [-0.4, -0.2) is 37.8 Å². The molecule has 0 saturated heterocycles. The summed E-state index contributed by atoms with van der Waals surface area (Å²) in [4.78, 5) is 16.5. The molecule has 0 radical (unpaired) electrons. The zero-order chi connectivity index (χ0) is 21.8. The van der Waals surface area contributed by atoms with Gasteiger partial charge in [-0.1, -0.05) is 17.7 Å². The zero-order valence-electron chi connectivity index (χ0n) is 17.4. The third kappa shape index (κ3) is 4.75. The average molecular weight is 439 g/mol. The lowest BCUT2D eigenvalue weighted by molar-refractivity contribution is -0.120. The molecule has 1 aliphatic rings. The Labute approximate surface area is 186 Å². The van der Waals surface area contributed by atoms with E-state index < -0.39 is 0 Å². The van der Waals surface area contributed by atoms with Crippen molar-refractivity contribution in [3.63, 3.8) is 0 Å². The van der Waals surface area contributed by atoms with Crippen molar-refractivity contribution in [3.05, 3.63) is 71.0 Å². The number of rotatable bonds is 7. The molecule has 2 heterocycles. The number of methoxy groups -OCH3 is 2. The smallest absolute Gasteiger partial charge is 0.224 e. The monoisotopic (exact) mass is 438 g/mol. The molecule has 1 N–H and O–H groups in total. The van der Waals surface area contributed by atoms with Gasteiger partial charge in [0.15, 0.2) is 11.5 Å². The van der Waals surface area contributed by atoms with Crippen LogP contribution < -0.4 is 19.5 Å². The number of carbonyl (C=O) groups is 1. The molecule has 0 fully saturated rings. The van der Waals surface area contributed by atoms with E-state index in [-0.39, 0.29) is 18.4 Å². The van der Waals surface area contributed by atoms with Crippen LogP contribution in [0.25, 0.3) is 11.1 Å². The maximum absolute atomic E-state index is 12.5. The minimum absolute atomic E-state index is 0.0841. The van der Waals surface area contributed by atoms with Crippen molar-refractivity contribution in [2.24, 2.45) is 0 Å². The van der Waals surface area contributed by atoms with E-state index in [1.165, 1.54) is 0 Å². The van der Waals surface area contributed by atoms with E-state index in [2.05, 4.69) is 10.3 Å². The maximum Gasteiger partial charge on any atom is 0.224 e. The van der Waals surface area contributed by atoms with E-state index in [1.807, 2.05) is 36.4 Å². The molecule has 0 saturated carbocycles. The van der Waals surface area contributed by atoms with Gasteiger partial charge in [-0.3, -0.25) is 9.78 Å². The van der Waals surface area contributed by atoms with Crippen molar-refractivity contribution in [3.8, 4) is 28.4 Å². The molecule has 3 aromatic rings. The Hall–Kier alpha value is -3.25. The Bertz CT molecular complexity index is 1090. The summed E-state index contributed by atoms with van der Waals surface area (Å²) in [5.74, 6) is 1.96. The minimum atomic E-state index is -0.150. The number of fused-ring (bicyclic) bond motifs is 1. The minimum Gasteiger partial charge on any atom is -0.493 e. The summed E-state index contributed by atoms with van der Waals surface area (Å²) in [6, 6.07) is 13.1. The molecule has 0 bridgehead atoms. The van der Waals surface area contributed by atoms with E-state index in [4.69, 9.17) is 25.8 Å². The predicted octanol–water partition coefficient (Wildman–Crippen LogP) is 4.08. The summed E-state index contributed by atoms with van der Waals surface area (Å²) in [6.45, 7) is 0.411. The number of hydrogen-bond donors (Lipinski definition) is 1. The Morgan fingerprint density at radius 2 is 1.90 bits per heavy atom. The molecule has 0 unspecified atom stereocenters. The summed E-state index contributed by atoms with van der Waals surface area (Å²) < 4.78 is 16.7. The number of aromatic nitrogens is 1. The van der Waals surface area contributed by atoms with Crippen molar-refractivity contribution in [1.82, 2.24) is 10.3 Å². The Balaban J connectivity index is 1.39. The Morgan fingerprint density at radius 3 is 2.65 bits per heavy atom. The van der Waals surface area contributed by atoms with Crippen LogP contribution in [-0.2, 0) is 17.6 Å². The average Bonchev–Trinajstić information content (AvgIpc) is 3.20. The molecule has 31 heavy (non-hydrogen) atoms. The zero-order valence-corrected chi connectivity index (χ0v) is 18.1. The van der Waals surface area contributed by atoms with Gasteiger partial charge in [0.25, 0.3) is 0 Å². The first-order valence-electron chi connectivity index (χ1n) is 9.94. The number of halogens is 1. The molecule has 4 rings (SSSR count). The van der Waals surface area contributed by atoms with Crippen LogP contribution in [0.5, 0.6) is 17.2 Å². The van der Waals surface area contributed by atoms with Crippen molar-refractivity contribution in [2.75, 3.05) is 20.8 Å². The summed E-state index contributed by atoms with van der Waals surface area (Å²) >= 11 is 6.33. The van der Waals surface area contributed by atoms with Gasteiger partial charge in [-0.2, -0.15) is 0 Å². The number of nitrogens with zero attached hydrogens (tertiary/aromatic N) is 1. The van der Waals surface area contributed by atoms with Gasteiger partial charge in [-0.05, 0) is 47.5 Å². The second kappa shape index (κ2) is 9.27. The highest BCUT2D eigenvalue weighted by Gasteiger charge is 2.27. The summed E-state index contributed by atoms with van der Waals surface area (Å²) in [7, 11) is 3.15. The lowest BCUT2D eigenvalue weighted by Gasteiger charge is -2.14. The third-order valence-corrected chi connectivity index (χ3v) is 5.41. The first-order valence-corrected chi connectivity index (χ1v) is 10.3. The normalized spacial score (nSPS) is 14.5. The first-order chi connectivity index (χ1) is 15.1. The Morgan fingerprint density at radius 1 is 1.13 bits per heavy atom. The molecule has 7 heteroatoms.